The largest absolute Gasteiger partial charge is 0.481 e. The van der Waals surface area contributed by atoms with Crippen LogP contribution in [0.2, 0.25) is 0 Å². The minimum absolute atomic E-state index is 0.0190. The van der Waals surface area contributed by atoms with Crippen LogP contribution in [0, 0.1) is 30.5 Å². The second-order valence-corrected chi connectivity index (χ2v) is 7.72. The molecule has 5 rings (SSSR count). The van der Waals surface area contributed by atoms with Gasteiger partial charge in [0.2, 0.25) is 0 Å². The molecule has 0 unspecified atom stereocenters. The molecule has 0 saturated heterocycles. The van der Waals surface area contributed by atoms with E-state index in [1.54, 1.807) is 6.20 Å². The fourth-order valence-electron chi connectivity index (χ4n) is 4.32. The van der Waals surface area contributed by atoms with Crippen LogP contribution in [0.3, 0.4) is 0 Å². The van der Waals surface area contributed by atoms with Crippen molar-refractivity contribution in [1.29, 1.82) is 0 Å². The number of aromatic amines is 1. The maximum Gasteiger partial charge on any atom is 0.308 e. The lowest BCUT2D eigenvalue weighted by molar-refractivity contribution is -0.143. The summed E-state index contributed by atoms with van der Waals surface area (Å²) in [7, 11) is 0. The number of aryl methyl sites for hydroxylation is 1. The van der Waals surface area contributed by atoms with E-state index in [4.69, 9.17) is 0 Å². The fraction of sp³-hybridized carbons (Fsp3) is 0.421. The molecule has 0 spiro atoms. The van der Waals surface area contributed by atoms with Gasteiger partial charge in [-0.25, -0.2) is 19.3 Å². The Morgan fingerprint density at radius 2 is 2.18 bits per heavy atom. The number of aromatic nitrogens is 5. The first-order valence-electron chi connectivity index (χ1n) is 9.34. The van der Waals surface area contributed by atoms with E-state index in [1.807, 2.05) is 13.0 Å². The van der Waals surface area contributed by atoms with Gasteiger partial charge >= 0.3 is 5.97 Å². The van der Waals surface area contributed by atoms with Crippen molar-refractivity contribution < 1.29 is 14.3 Å². The number of nitrogens with zero attached hydrogens (tertiary/aromatic N) is 4. The number of carbonyl (C=O) groups is 1. The number of rotatable bonds is 4. The molecule has 0 radical (unpaired) electrons. The van der Waals surface area contributed by atoms with Crippen LogP contribution in [-0.4, -0.2) is 42.3 Å². The summed E-state index contributed by atoms with van der Waals surface area (Å²) in [5.74, 6) is -0.933. The van der Waals surface area contributed by atoms with Gasteiger partial charge in [0, 0.05) is 12.2 Å². The third-order valence-corrected chi connectivity index (χ3v) is 5.85. The van der Waals surface area contributed by atoms with E-state index in [2.05, 4.69) is 30.5 Å². The standard InChI is InChI=1S/C19H19FN6O2/c1-8-4-12-15(25-26-16(12)21-6-8)18-22-7-13(20)17(24-18)23-14-10(19(27)28)3-2-9-5-11(9)14/h4,6-7,9-11,14H,2-3,5H2,1H3,(H,27,28)(H,21,25,26)(H,22,23,24)/t9-,10+,11+,14-/m1/s1. The molecule has 3 heterocycles. The highest BCUT2D eigenvalue weighted by atomic mass is 19.1. The number of hydrogen-bond donors (Lipinski definition) is 3. The number of carboxylic acids is 1. The van der Waals surface area contributed by atoms with Crippen molar-refractivity contribution in [2.45, 2.75) is 32.2 Å². The number of H-pyrrole nitrogens is 1. The monoisotopic (exact) mass is 382 g/mol. The van der Waals surface area contributed by atoms with Crippen molar-refractivity contribution in [3.8, 4) is 11.5 Å². The van der Waals surface area contributed by atoms with Crippen molar-refractivity contribution in [1.82, 2.24) is 25.1 Å². The molecule has 4 atom stereocenters. The van der Waals surface area contributed by atoms with Crippen LogP contribution >= 0.6 is 0 Å². The van der Waals surface area contributed by atoms with Crippen LogP contribution < -0.4 is 5.32 Å². The molecular weight excluding hydrogens is 363 g/mol. The highest BCUT2D eigenvalue weighted by molar-refractivity contribution is 5.89. The first-order valence-corrected chi connectivity index (χ1v) is 9.34. The highest BCUT2D eigenvalue weighted by Gasteiger charge is 2.51. The molecule has 2 aliphatic rings. The molecule has 3 aromatic heterocycles. The van der Waals surface area contributed by atoms with Crippen LogP contribution in [-0.2, 0) is 4.79 Å². The zero-order valence-corrected chi connectivity index (χ0v) is 15.2. The molecule has 0 aromatic carbocycles. The van der Waals surface area contributed by atoms with E-state index >= 15 is 0 Å². The van der Waals surface area contributed by atoms with Crippen molar-refractivity contribution >= 4 is 22.8 Å². The predicted molar refractivity (Wildman–Crippen MR) is 99.0 cm³/mol. The van der Waals surface area contributed by atoms with Gasteiger partial charge in [-0.2, -0.15) is 5.10 Å². The molecule has 28 heavy (non-hydrogen) atoms. The summed E-state index contributed by atoms with van der Waals surface area (Å²) in [5.41, 5.74) is 2.04. The molecule has 0 bridgehead atoms. The summed E-state index contributed by atoms with van der Waals surface area (Å²) in [4.78, 5) is 24.3. The Hall–Kier alpha value is -3.10. The van der Waals surface area contributed by atoms with Crippen molar-refractivity contribution in [2.75, 3.05) is 5.32 Å². The third-order valence-electron chi connectivity index (χ3n) is 5.85. The first kappa shape index (κ1) is 17.0. The average molecular weight is 382 g/mol. The Morgan fingerprint density at radius 1 is 1.32 bits per heavy atom. The molecule has 8 nitrogen and oxygen atoms in total. The summed E-state index contributed by atoms with van der Waals surface area (Å²) < 4.78 is 14.4. The van der Waals surface area contributed by atoms with Gasteiger partial charge in [-0.05, 0) is 49.7 Å². The summed E-state index contributed by atoms with van der Waals surface area (Å²) in [6.07, 6.45) is 5.32. The number of fused-ring (bicyclic) bond motifs is 2. The lowest BCUT2D eigenvalue weighted by atomic mass is 9.84. The van der Waals surface area contributed by atoms with Crippen molar-refractivity contribution in [3.63, 3.8) is 0 Å². The molecule has 144 valence electrons. The van der Waals surface area contributed by atoms with Gasteiger partial charge in [0.25, 0.3) is 0 Å². The van der Waals surface area contributed by atoms with Crippen LogP contribution in [0.4, 0.5) is 10.2 Å². The number of nitrogens with one attached hydrogen (secondary N) is 2. The Balaban J connectivity index is 1.51. The Labute approximate surface area is 159 Å². The molecule has 2 aliphatic carbocycles. The maximum atomic E-state index is 14.4. The van der Waals surface area contributed by atoms with Gasteiger partial charge in [0.1, 0.15) is 5.69 Å². The average Bonchev–Trinajstić information content (AvgIpc) is 3.35. The van der Waals surface area contributed by atoms with Gasteiger partial charge in [-0.3, -0.25) is 9.89 Å². The van der Waals surface area contributed by atoms with Gasteiger partial charge in [-0.1, -0.05) is 0 Å². The van der Waals surface area contributed by atoms with E-state index in [-0.39, 0.29) is 23.6 Å². The maximum absolute atomic E-state index is 14.4. The normalized spacial score (nSPS) is 26.1. The van der Waals surface area contributed by atoms with Gasteiger partial charge in [0.15, 0.2) is 23.1 Å². The van der Waals surface area contributed by atoms with Crippen LogP contribution in [0.1, 0.15) is 24.8 Å². The zero-order chi connectivity index (χ0) is 19.4. The third kappa shape index (κ3) is 2.78. The Bertz CT molecular complexity index is 1080. The van der Waals surface area contributed by atoms with E-state index in [1.165, 1.54) is 0 Å². The molecule has 9 heteroatoms. The van der Waals surface area contributed by atoms with Crippen molar-refractivity contribution in [3.05, 3.63) is 29.8 Å². The smallest absolute Gasteiger partial charge is 0.308 e. The summed E-state index contributed by atoms with van der Waals surface area (Å²) in [6, 6.07) is 1.59. The summed E-state index contributed by atoms with van der Waals surface area (Å²) >= 11 is 0. The van der Waals surface area contributed by atoms with Crippen LogP contribution in [0.5, 0.6) is 0 Å². The number of hydrogen-bond acceptors (Lipinski definition) is 6. The first-order chi connectivity index (χ1) is 13.5. The van der Waals surface area contributed by atoms with E-state index in [0.29, 0.717) is 23.7 Å². The van der Waals surface area contributed by atoms with Gasteiger partial charge in [-0.15, -0.1) is 0 Å². The van der Waals surface area contributed by atoms with Crippen LogP contribution in [0.25, 0.3) is 22.6 Å². The lowest BCUT2D eigenvalue weighted by Crippen LogP contribution is -2.39. The molecular formula is C19H19FN6O2. The number of aliphatic carboxylic acids is 1. The molecule has 0 amide bonds. The molecule has 2 fully saturated rings. The van der Waals surface area contributed by atoms with Gasteiger partial charge in [0.05, 0.1) is 17.5 Å². The van der Waals surface area contributed by atoms with E-state index in [0.717, 1.165) is 30.0 Å². The topological polar surface area (TPSA) is 117 Å². The van der Waals surface area contributed by atoms with E-state index < -0.39 is 17.7 Å². The molecule has 2 saturated carbocycles. The predicted octanol–water partition coefficient (Wildman–Crippen LogP) is 2.77. The fourth-order valence-corrected chi connectivity index (χ4v) is 4.32. The number of anilines is 1. The zero-order valence-electron chi connectivity index (χ0n) is 15.2. The minimum Gasteiger partial charge on any atom is -0.481 e. The number of pyridine rings is 1. The van der Waals surface area contributed by atoms with E-state index in [9.17, 15) is 14.3 Å². The Morgan fingerprint density at radius 3 is 3.00 bits per heavy atom. The lowest BCUT2D eigenvalue weighted by Gasteiger charge is -2.29. The van der Waals surface area contributed by atoms with Gasteiger partial charge < -0.3 is 10.4 Å². The number of carboxylic acid groups (broad SMARTS) is 1. The Kier molecular flexibility index (Phi) is 3.78. The minimum atomic E-state index is -0.850. The SMILES string of the molecule is Cc1cnc2[nH]nc(-c3ncc(F)c(N[C@H]4[C@H]5C[C@H]5CC[C@@H]4C(=O)O)n3)c2c1. The molecule has 3 N–H and O–H groups in total. The van der Waals surface area contributed by atoms with Crippen LogP contribution in [0.15, 0.2) is 18.5 Å². The molecule has 0 aliphatic heterocycles. The second kappa shape index (κ2) is 6.22. The highest BCUT2D eigenvalue weighted by Crippen LogP contribution is 2.52. The van der Waals surface area contributed by atoms with Crippen molar-refractivity contribution in [2.24, 2.45) is 17.8 Å². The summed E-state index contributed by atoms with van der Waals surface area (Å²) in [6.45, 7) is 1.92. The second-order valence-electron chi connectivity index (χ2n) is 7.72. The quantitative estimate of drug-likeness (QED) is 0.635. The molecule has 3 aromatic rings. The number of halogens is 1. The summed E-state index contributed by atoms with van der Waals surface area (Å²) in [5, 5.41) is 20.4.